The Kier molecular flexibility index (Phi) is 8.72. The van der Waals surface area contributed by atoms with E-state index in [0.717, 1.165) is 5.41 Å². The van der Waals surface area contributed by atoms with Gasteiger partial charge in [0.2, 0.25) is 0 Å². The standard InChI is InChI=1S/C23H29NO8S/c1-24(2)22(23(25)26)18-11-15(7-8-19(18)30-4)14-33(27,28)10-9-17-20(31-5)12-16(29-3)13-21(17)32-6/h7-13,22H,14H2,1-6H3,(H,25,26)/b10-9+. The van der Waals surface area contributed by atoms with Crippen molar-refractivity contribution in [1.29, 1.82) is 0 Å². The molecule has 0 heterocycles. The van der Waals surface area contributed by atoms with Crippen molar-refractivity contribution in [3.05, 3.63) is 52.4 Å². The molecular weight excluding hydrogens is 450 g/mol. The minimum atomic E-state index is -3.73. The van der Waals surface area contributed by atoms with Crippen LogP contribution in [0.1, 0.15) is 22.7 Å². The van der Waals surface area contributed by atoms with Crippen LogP contribution in [0.15, 0.2) is 35.7 Å². The number of rotatable bonds is 11. The third kappa shape index (κ3) is 6.39. The van der Waals surface area contributed by atoms with Gasteiger partial charge in [-0.2, -0.15) is 0 Å². The van der Waals surface area contributed by atoms with Crippen LogP contribution in [0.3, 0.4) is 0 Å². The van der Waals surface area contributed by atoms with E-state index in [1.807, 2.05) is 0 Å². The number of aliphatic carboxylic acids is 1. The molecule has 0 bridgehead atoms. The zero-order valence-electron chi connectivity index (χ0n) is 19.5. The number of carbonyl (C=O) groups is 1. The molecule has 0 saturated carbocycles. The highest BCUT2D eigenvalue weighted by molar-refractivity contribution is 7.93. The van der Waals surface area contributed by atoms with Crippen LogP contribution in [0.25, 0.3) is 6.08 Å². The lowest BCUT2D eigenvalue weighted by Gasteiger charge is -2.23. The number of hydrogen-bond donors (Lipinski definition) is 1. The quantitative estimate of drug-likeness (QED) is 0.520. The smallest absolute Gasteiger partial charge is 0.325 e. The van der Waals surface area contributed by atoms with E-state index < -0.39 is 21.8 Å². The predicted molar refractivity (Wildman–Crippen MR) is 125 cm³/mol. The number of methoxy groups -OCH3 is 4. The van der Waals surface area contributed by atoms with E-state index in [-0.39, 0.29) is 5.75 Å². The summed E-state index contributed by atoms with van der Waals surface area (Å²) < 4.78 is 46.9. The van der Waals surface area contributed by atoms with Crippen LogP contribution >= 0.6 is 0 Å². The van der Waals surface area contributed by atoms with Gasteiger partial charge in [0.05, 0.1) is 39.8 Å². The Morgan fingerprint density at radius 3 is 2.00 bits per heavy atom. The average molecular weight is 480 g/mol. The fourth-order valence-electron chi connectivity index (χ4n) is 3.37. The Hall–Kier alpha value is -3.24. The van der Waals surface area contributed by atoms with E-state index in [4.69, 9.17) is 18.9 Å². The molecule has 0 saturated heterocycles. The molecule has 0 aliphatic rings. The molecule has 0 radical (unpaired) electrons. The summed E-state index contributed by atoms with van der Waals surface area (Å²) in [6.07, 6.45) is 1.40. The van der Waals surface area contributed by atoms with Gasteiger partial charge < -0.3 is 24.1 Å². The first-order valence-electron chi connectivity index (χ1n) is 9.83. The molecule has 0 aliphatic carbocycles. The van der Waals surface area contributed by atoms with Gasteiger partial charge in [0.15, 0.2) is 9.84 Å². The highest BCUT2D eigenvalue weighted by Crippen LogP contribution is 2.35. The number of likely N-dealkylation sites (N-methyl/N-ethyl adjacent to an activating group) is 1. The molecule has 0 aromatic heterocycles. The Morgan fingerprint density at radius 1 is 0.970 bits per heavy atom. The normalized spacial score (nSPS) is 12.6. The van der Waals surface area contributed by atoms with Crippen molar-refractivity contribution in [2.75, 3.05) is 42.5 Å². The van der Waals surface area contributed by atoms with Gasteiger partial charge in [-0.15, -0.1) is 0 Å². The summed E-state index contributed by atoms with van der Waals surface area (Å²) in [7, 11) is 5.38. The maximum absolute atomic E-state index is 12.8. The Morgan fingerprint density at radius 2 is 1.55 bits per heavy atom. The summed E-state index contributed by atoms with van der Waals surface area (Å²) in [5.41, 5.74) is 1.24. The van der Waals surface area contributed by atoms with E-state index in [1.165, 1.54) is 45.5 Å². The van der Waals surface area contributed by atoms with Crippen molar-refractivity contribution in [2.45, 2.75) is 11.8 Å². The third-order valence-corrected chi connectivity index (χ3v) is 6.19. The molecular formula is C23H29NO8S. The molecule has 0 spiro atoms. The summed E-state index contributed by atoms with van der Waals surface area (Å²) in [6.45, 7) is 0. The number of carboxylic acid groups (broad SMARTS) is 1. The predicted octanol–water partition coefficient (Wildman–Crippen LogP) is 2.99. The first kappa shape index (κ1) is 26.0. The SMILES string of the molecule is COc1cc(OC)c(/C=C/S(=O)(=O)Cc2ccc(OC)c(C(C(=O)O)N(C)C)c2)c(OC)c1. The second-order valence-corrected chi connectivity index (χ2v) is 9.22. The van der Waals surface area contributed by atoms with Crippen LogP contribution in [0.4, 0.5) is 0 Å². The molecule has 1 atom stereocenters. The molecule has 1 unspecified atom stereocenters. The van der Waals surface area contributed by atoms with Crippen molar-refractivity contribution in [2.24, 2.45) is 0 Å². The first-order valence-corrected chi connectivity index (χ1v) is 11.5. The fourth-order valence-corrected chi connectivity index (χ4v) is 4.45. The molecule has 1 N–H and O–H groups in total. The van der Waals surface area contributed by atoms with Gasteiger partial charge in [0.1, 0.15) is 29.0 Å². The number of ether oxygens (including phenoxy) is 4. The van der Waals surface area contributed by atoms with Crippen LogP contribution in [0, 0.1) is 0 Å². The van der Waals surface area contributed by atoms with E-state index in [9.17, 15) is 18.3 Å². The van der Waals surface area contributed by atoms with Crippen LogP contribution in [-0.4, -0.2) is 66.9 Å². The largest absolute Gasteiger partial charge is 0.496 e. The van der Waals surface area contributed by atoms with Gasteiger partial charge in [-0.05, 0) is 37.9 Å². The number of benzene rings is 2. The zero-order valence-corrected chi connectivity index (χ0v) is 20.3. The van der Waals surface area contributed by atoms with Crippen molar-refractivity contribution < 1.29 is 37.3 Å². The maximum Gasteiger partial charge on any atom is 0.325 e. The van der Waals surface area contributed by atoms with Gasteiger partial charge in [-0.25, -0.2) is 8.42 Å². The molecule has 10 heteroatoms. The summed E-state index contributed by atoms with van der Waals surface area (Å²) in [5, 5.41) is 10.7. The topological polar surface area (TPSA) is 112 Å². The van der Waals surface area contributed by atoms with Crippen molar-refractivity contribution >= 4 is 21.9 Å². The van der Waals surface area contributed by atoms with E-state index in [1.54, 1.807) is 38.4 Å². The molecule has 0 fully saturated rings. The number of nitrogens with zero attached hydrogens (tertiary/aromatic N) is 1. The molecule has 0 amide bonds. The molecule has 9 nitrogen and oxygen atoms in total. The van der Waals surface area contributed by atoms with Crippen molar-refractivity contribution in [3.8, 4) is 23.0 Å². The molecule has 33 heavy (non-hydrogen) atoms. The van der Waals surface area contributed by atoms with Gasteiger partial charge in [0, 0.05) is 23.1 Å². The maximum atomic E-state index is 12.8. The molecule has 2 rings (SSSR count). The molecule has 0 aliphatic heterocycles. The van der Waals surface area contributed by atoms with Crippen LogP contribution in [0.5, 0.6) is 23.0 Å². The summed E-state index contributed by atoms with van der Waals surface area (Å²) >= 11 is 0. The number of carboxylic acids is 1. The van der Waals surface area contributed by atoms with Crippen LogP contribution in [-0.2, 0) is 20.4 Å². The Labute approximate surface area is 194 Å². The molecule has 180 valence electrons. The second-order valence-electron chi connectivity index (χ2n) is 7.34. The lowest BCUT2D eigenvalue weighted by molar-refractivity contribution is -0.142. The van der Waals surface area contributed by atoms with E-state index in [2.05, 4.69) is 0 Å². The van der Waals surface area contributed by atoms with E-state index >= 15 is 0 Å². The highest BCUT2D eigenvalue weighted by atomic mass is 32.2. The number of sulfone groups is 1. The van der Waals surface area contributed by atoms with Crippen LogP contribution < -0.4 is 18.9 Å². The van der Waals surface area contributed by atoms with Gasteiger partial charge in [0.25, 0.3) is 0 Å². The minimum absolute atomic E-state index is 0.332. The third-order valence-electron chi connectivity index (χ3n) is 4.90. The first-order chi connectivity index (χ1) is 15.6. The lowest BCUT2D eigenvalue weighted by Crippen LogP contribution is -2.28. The summed E-state index contributed by atoms with van der Waals surface area (Å²) in [6, 6.07) is 6.95. The van der Waals surface area contributed by atoms with Gasteiger partial charge >= 0.3 is 5.97 Å². The van der Waals surface area contributed by atoms with Crippen LogP contribution in [0.2, 0.25) is 0 Å². The van der Waals surface area contributed by atoms with Crippen molar-refractivity contribution in [1.82, 2.24) is 4.90 Å². The zero-order chi connectivity index (χ0) is 24.8. The lowest BCUT2D eigenvalue weighted by atomic mass is 10.0. The molecule has 2 aromatic rings. The fraction of sp³-hybridized carbons (Fsp3) is 0.348. The second kappa shape index (κ2) is 11.1. The average Bonchev–Trinajstić information content (AvgIpc) is 2.76. The summed E-state index contributed by atoms with van der Waals surface area (Å²) in [4.78, 5) is 13.3. The highest BCUT2D eigenvalue weighted by Gasteiger charge is 2.26. The van der Waals surface area contributed by atoms with E-state index in [0.29, 0.717) is 39.7 Å². The Bertz CT molecular complexity index is 1100. The Balaban J connectivity index is 2.42. The number of hydrogen-bond acceptors (Lipinski definition) is 8. The van der Waals surface area contributed by atoms with Gasteiger partial charge in [-0.3, -0.25) is 9.69 Å². The van der Waals surface area contributed by atoms with Crippen molar-refractivity contribution in [3.63, 3.8) is 0 Å². The molecule has 2 aromatic carbocycles. The minimum Gasteiger partial charge on any atom is -0.496 e. The van der Waals surface area contributed by atoms with Gasteiger partial charge in [-0.1, -0.05) is 6.07 Å². The monoisotopic (exact) mass is 479 g/mol. The summed E-state index contributed by atoms with van der Waals surface area (Å²) in [5.74, 6) is 0.237.